The predicted molar refractivity (Wildman–Crippen MR) is 114 cm³/mol. The monoisotopic (exact) mass is 405 g/mol. The largest absolute Gasteiger partial charge is 0.497 e. The van der Waals surface area contributed by atoms with Gasteiger partial charge in [0.15, 0.2) is 11.7 Å². The van der Waals surface area contributed by atoms with Crippen molar-refractivity contribution in [2.24, 2.45) is 0 Å². The first-order valence-corrected chi connectivity index (χ1v) is 9.86. The first kappa shape index (κ1) is 18.9. The number of rotatable bonds is 7. The molecule has 0 aliphatic carbocycles. The van der Waals surface area contributed by atoms with Crippen LogP contribution in [0.15, 0.2) is 73.1 Å². The van der Waals surface area contributed by atoms with Crippen LogP contribution in [0.4, 0.5) is 5.13 Å². The third kappa shape index (κ3) is 4.52. The number of pyridine rings is 1. The molecule has 2 aromatic carbocycles. The number of hydrogen-bond donors (Lipinski definition) is 0. The maximum absolute atomic E-state index is 13.0. The molecule has 29 heavy (non-hydrogen) atoms. The molecule has 0 saturated carbocycles. The standard InChI is InChI=1S/C22H19N3O3S/c1-27-18-9-10-19-20(12-18)29-22(24-19)25(14-16-6-5-11-23-13-16)21(26)15-28-17-7-3-2-4-8-17/h2-13H,14-15H2,1H3. The molecule has 0 aliphatic heterocycles. The van der Waals surface area contributed by atoms with Crippen molar-refractivity contribution in [2.45, 2.75) is 6.54 Å². The second kappa shape index (κ2) is 8.70. The minimum Gasteiger partial charge on any atom is -0.497 e. The summed E-state index contributed by atoms with van der Waals surface area (Å²) in [7, 11) is 1.63. The zero-order valence-corrected chi connectivity index (χ0v) is 16.6. The van der Waals surface area contributed by atoms with Crippen LogP contribution in [0.1, 0.15) is 5.56 Å². The van der Waals surface area contributed by atoms with E-state index in [4.69, 9.17) is 9.47 Å². The van der Waals surface area contributed by atoms with E-state index in [9.17, 15) is 4.79 Å². The Morgan fingerprint density at radius 1 is 1.07 bits per heavy atom. The highest BCUT2D eigenvalue weighted by Crippen LogP contribution is 2.32. The molecule has 146 valence electrons. The summed E-state index contributed by atoms with van der Waals surface area (Å²) in [6.45, 7) is 0.283. The zero-order valence-electron chi connectivity index (χ0n) is 15.8. The van der Waals surface area contributed by atoms with Crippen molar-refractivity contribution >= 4 is 32.6 Å². The fraction of sp³-hybridized carbons (Fsp3) is 0.136. The number of amides is 1. The number of fused-ring (bicyclic) bond motifs is 1. The predicted octanol–water partition coefficient (Wildman–Crippen LogP) is 4.31. The van der Waals surface area contributed by atoms with Gasteiger partial charge in [-0.1, -0.05) is 35.6 Å². The molecular weight excluding hydrogens is 386 g/mol. The molecule has 7 heteroatoms. The van der Waals surface area contributed by atoms with E-state index in [0.717, 1.165) is 21.5 Å². The van der Waals surface area contributed by atoms with Gasteiger partial charge in [-0.15, -0.1) is 0 Å². The second-order valence-corrected chi connectivity index (χ2v) is 7.28. The normalized spacial score (nSPS) is 10.7. The average Bonchev–Trinajstić information content (AvgIpc) is 3.20. The Kier molecular flexibility index (Phi) is 5.67. The Bertz CT molecular complexity index is 1100. The molecule has 0 bridgehead atoms. The van der Waals surface area contributed by atoms with Crippen molar-refractivity contribution in [3.8, 4) is 11.5 Å². The molecule has 0 aliphatic rings. The van der Waals surface area contributed by atoms with E-state index >= 15 is 0 Å². The first-order valence-electron chi connectivity index (χ1n) is 9.04. The number of anilines is 1. The Balaban J connectivity index is 1.61. The molecule has 4 aromatic rings. The Morgan fingerprint density at radius 2 is 1.93 bits per heavy atom. The highest BCUT2D eigenvalue weighted by atomic mass is 32.1. The van der Waals surface area contributed by atoms with Gasteiger partial charge in [0.1, 0.15) is 11.5 Å². The van der Waals surface area contributed by atoms with E-state index in [-0.39, 0.29) is 12.5 Å². The van der Waals surface area contributed by atoms with Gasteiger partial charge in [0, 0.05) is 12.4 Å². The molecule has 2 aromatic heterocycles. The van der Waals surface area contributed by atoms with Gasteiger partial charge in [-0.25, -0.2) is 4.98 Å². The van der Waals surface area contributed by atoms with Crippen molar-refractivity contribution < 1.29 is 14.3 Å². The van der Waals surface area contributed by atoms with E-state index in [1.165, 1.54) is 11.3 Å². The van der Waals surface area contributed by atoms with Crippen LogP contribution in [-0.2, 0) is 11.3 Å². The lowest BCUT2D eigenvalue weighted by molar-refractivity contribution is -0.120. The Morgan fingerprint density at radius 3 is 2.69 bits per heavy atom. The van der Waals surface area contributed by atoms with Crippen LogP contribution in [0, 0.1) is 0 Å². The first-order chi connectivity index (χ1) is 14.2. The molecular formula is C22H19N3O3S. The highest BCUT2D eigenvalue weighted by Gasteiger charge is 2.21. The molecule has 0 saturated heterocycles. The molecule has 0 fully saturated rings. The lowest BCUT2D eigenvalue weighted by Crippen LogP contribution is -2.34. The second-order valence-electron chi connectivity index (χ2n) is 6.27. The number of carbonyl (C=O) groups excluding carboxylic acids is 1. The summed E-state index contributed by atoms with van der Waals surface area (Å²) in [5, 5.41) is 0.610. The number of carbonyl (C=O) groups is 1. The zero-order chi connectivity index (χ0) is 20.1. The topological polar surface area (TPSA) is 64.5 Å². The fourth-order valence-electron chi connectivity index (χ4n) is 2.81. The number of hydrogen-bond acceptors (Lipinski definition) is 6. The molecule has 0 N–H and O–H groups in total. The van der Waals surface area contributed by atoms with Gasteiger partial charge in [-0.2, -0.15) is 0 Å². The molecule has 0 radical (unpaired) electrons. The van der Waals surface area contributed by atoms with Crippen LogP contribution < -0.4 is 14.4 Å². The van der Waals surface area contributed by atoms with E-state index < -0.39 is 0 Å². The van der Waals surface area contributed by atoms with E-state index in [1.54, 1.807) is 24.4 Å². The molecule has 0 spiro atoms. The van der Waals surface area contributed by atoms with Gasteiger partial charge < -0.3 is 9.47 Å². The minimum atomic E-state index is -0.177. The van der Waals surface area contributed by atoms with Crippen molar-refractivity contribution in [1.29, 1.82) is 0 Å². The maximum atomic E-state index is 13.0. The smallest absolute Gasteiger partial charge is 0.267 e. The summed E-state index contributed by atoms with van der Waals surface area (Å²) >= 11 is 1.44. The molecule has 0 unspecified atom stereocenters. The lowest BCUT2D eigenvalue weighted by atomic mass is 10.2. The van der Waals surface area contributed by atoms with Crippen LogP contribution in [0.2, 0.25) is 0 Å². The summed E-state index contributed by atoms with van der Waals surface area (Å²) in [6.07, 6.45) is 3.45. The summed E-state index contributed by atoms with van der Waals surface area (Å²) in [5.74, 6) is 1.23. The number of thiazole rings is 1. The third-order valence-electron chi connectivity index (χ3n) is 4.29. The number of methoxy groups -OCH3 is 1. The SMILES string of the molecule is COc1ccc2nc(N(Cc3cccnc3)C(=O)COc3ccccc3)sc2c1. The summed E-state index contributed by atoms with van der Waals surface area (Å²) in [4.78, 5) is 23.5. The van der Waals surface area contributed by atoms with Crippen LogP contribution in [0.25, 0.3) is 10.2 Å². The van der Waals surface area contributed by atoms with Crippen molar-refractivity contribution in [3.05, 3.63) is 78.6 Å². The number of aromatic nitrogens is 2. The Labute approximate surface area is 172 Å². The molecule has 1 amide bonds. The maximum Gasteiger partial charge on any atom is 0.267 e. The number of para-hydroxylation sites is 1. The highest BCUT2D eigenvalue weighted by molar-refractivity contribution is 7.22. The van der Waals surface area contributed by atoms with Crippen molar-refractivity contribution in [1.82, 2.24) is 9.97 Å². The van der Waals surface area contributed by atoms with Crippen LogP contribution >= 0.6 is 11.3 Å². The average molecular weight is 405 g/mol. The van der Waals surface area contributed by atoms with Gasteiger partial charge in [-0.3, -0.25) is 14.7 Å². The van der Waals surface area contributed by atoms with Gasteiger partial charge >= 0.3 is 0 Å². The fourth-order valence-corrected chi connectivity index (χ4v) is 3.82. The lowest BCUT2D eigenvalue weighted by Gasteiger charge is -2.20. The van der Waals surface area contributed by atoms with E-state index in [1.807, 2.05) is 60.7 Å². The summed E-state index contributed by atoms with van der Waals surface area (Å²) in [5.41, 5.74) is 1.73. The van der Waals surface area contributed by atoms with Crippen LogP contribution in [0.3, 0.4) is 0 Å². The van der Waals surface area contributed by atoms with Gasteiger partial charge in [0.25, 0.3) is 5.91 Å². The summed E-state index contributed by atoms with van der Waals surface area (Å²) < 4.78 is 11.9. The number of ether oxygens (including phenoxy) is 2. The van der Waals surface area contributed by atoms with Crippen molar-refractivity contribution in [3.63, 3.8) is 0 Å². The van der Waals surface area contributed by atoms with Gasteiger partial charge in [0.05, 0.1) is 23.9 Å². The van der Waals surface area contributed by atoms with Gasteiger partial charge in [0.2, 0.25) is 0 Å². The van der Waals surface area contributed by atoms with Crippen LogP contribution in [-0.4, -0.2) is 29.6 Å². The molecule has 6 nitrogen and oxygen atoms in total. The van der Waals surface area contributed by atoms with Crippen LogP contribution in [0.5, 0.6) is 11.5 Å². The molecule has 2 heterocycles. The minimum absolute atomic E-state index is 0.0798. The number of benzene rings is 2. The molecule has 0 atom stereocenters. The van der Waals surface area contributed by atoms with Crippen molar-refractivity contribution in [2.75, 3.05) is 18.6 Å². The molecule has 4 rings (SSSR count). The number of nitrogens with zero attached hydrogens (tertiary/aromatic N) is 3. The quantitative estimate of drug-likeness (QED) is 0.458. The van der Waals surface area contributed by atoms with E-state index in [0.29, 0.717) is 17.4 Å². The Hall–Kier alpha value is -3.45. The summed E-state index contributed by atoms with van der Waals surface area (Å²) in [6, 6.07) is 18.7. The van der Waals surface area contributed by atoms with Gasteiger partial charge in [-0.05, 0) is 42.0 Å². The third-order valence-corrected chi connectivity index (χ3v) is 5.33. The van der Waals surface area contributed by atoms with E-state index in [2.05, 4.69) is 9.97 Å².